The molecule has 0 amide bonds. The maximum Gasteiger partial charge on any atom is 0.342 e. The number of aliphatic hydroxyl groups is 2. The average molecular weight is 435 g/mol. The predicted molar refractivity (Wildman–Crippen MR) is 116 cm³/mol. The van der Waals surface area contributed by atoms with Crippen LogP contribution in [0.15, 0.2) is 32.5 Å². The summed E-state index contributed by atoms with van der Waals surface area (Å²) >= 11 is 0. The van der Waals surface area contributed by atoms with Gasteiger partial charge in [-0.15, -0.1) is 0 Å². The quantitative estimate of drug-likeness (QED) is 0.524. The van der Waals surface area contributed by atoms with E-state index < -0.39 is 22.9 Å². The number of epoxide rings is 1. The third-order valence-corrected chi connectivity index (χ3v) is 6.71. The highest BCUT2D eigenvalue weighted by Gasteiger charge is 2.71. The van der Waals surface area contributed by atoms with Gasteiger partial charge in [0.1, 0.15) is 40.5 Å². The van der Waals surface area contributed by atoms with Crippen LogP contribution in [0.3, 0.4) is 0 Å². The Morgan fingerprint density at radius 2 is 1.84 bits per heavy atom. The van der Waals surface area contributed by atoms with Crippen LogP contribution in [0.2, 0.25) is 0 Å². The van der Waals surface area contributed by atoms with E-state index in [1.54, 1.807) is 26.8 Å². The first kappa shape index (κ1) is 23.7. The van der Waals surface area contributed by atoms with Gasteiger partial charge >= 0.3 is 5.63 Å². The zero-order chi connectivity index (χ0) is 23.5. The van der Waals surface area contributed by atoms with Gasteiger partial charge in [-0.25, -0.2) is 4.79 Å². The third-order valence-electron chi connectivity index (χ3n) is 6.71. The Bertz CT molecular complexity index is 1000. The number of allylic oxidation sites excluding steroid dienone is 2. The average Bonchev–Trinajstić information content (AvgIpc) is 3.34. The molecule has 0 spiro atoms. The van der Waals surface area contributed by atoms with Crippen molar-refractivity contribution in [3.63, 3.8) is 0 Å². The second kappa shape index (κ2) is 7.59. The number of ether oxygens (including phenoxy) is 3. The molecule has 3 rings (SSSR count). The van der Waals surface area contributed by atoms with Crippen molar-refractivity contribution >= 4 is 0 Å². The summed E-state index contributed by atoms with van der Waals surface area (Å²) in [7, 11) is 1.45. The van der Waals surface area contributed by atoms with Crippen LogP contribution in [0.5, 0.6) is 5.75 Å². The molecule has 7 heteroatoms. The number of methoxy groups -OCH3 is 1. The largest absolute Gasteiger partial charge is 0.496 e. The normalized spacial score (nSPS) is 33.6. The molecule has 2 saturated heterocycles. The Morgan fingerprint density at radius 1 is 1.23 bits per heavy atom. The van der Waals surface area contributed by atoms with Crippen LogP contribution < -0.4 is 10.4 Å². The molecule has 0 bridgehead atoms. The monoisotopic (exact) mass is 434 g/mol. The summed E-state index contributed by atoms with van der Waals surface area (Å²) in [6.07, 6.45) is 2.44. The van der Waals surface area contributed by atoms with Gasteiger partial charge in [0.25, 0.3) is 0 Å². The van der Waals surface area contributed by atoms with Gasteiger partial charge in [0.15, 0.2) is 0 Å². The van der Waals surface area contributed by atoms with Gasteiger partial charge in [-0.1, -0.05) is 11.6 Å². The van der Waals surface area contributed by atoms with Gasteiger partial charge in [0.05, 0.1) is 18.8 Å². The molecule has 2 fully saturated rings. The molecule has 1 aromatic heterocycles. The van der Waals surface area contributed by atoms with Gasteiger partial charge in [0, 0.05) is 5.56 Å². The SMILES string of the molecule is COc1c(C)c([C@@](C)(O)[C@@H](O)C(C)=CC(C)=C[C@]2(C)O[C@@H](C)[C@]3(C)O[C@H]32)oc(=O)c1C. The molecule has 2 aliphatic heterocycles. The van der Waals surface area contributed by atoms with Gasteiger partial charge in [-0.2, -0.15) is 0 Å². The highest BCUT2D eigenvalue weighted by Crippen LogP contribution is 2.55. The molecule has 1 aromatic rings. The first-order chi connectivity index (χ1) is 14.2. The lowest BCUT2D eigenvalue weighted by atomic mass is 9.87. The number of hydrogen-bond acceptors (Lipinski definition) is 7. The summed E-state index contributed by atoms with van der Waals surface area (Å²) in [5.74, 6) is 0.313. The smallest absolute Gasteiger partial charge is 0.342 e. The minimum absolute atomic E-state index is 0.00894. The van der Waals surface area contributed by atoms with Crippen molar-refractivity contribution in [3.05, 3.63) is 50.6 Å². The fraction of sp³-hybridized carbons (Fsp3) is 0.625. The Balaban J connectivity index is 1.90. The summed E-state index contributed by atoms with van der Waals surface area (Å²) in [5.41, 5.74) is -1.12. The van der Waals surface area contributed by atoms with Crippen molar-refractivity contribution in [2.24, 2.45) is 0 Å². The maximum absolute atomic E-state index is 12.2. The molecule has 0 aliphatic carbocycles. The molecule has 172 valence electrons. The zero-order valence-corrected chi connectivity index (χ0v) is 19.8. The molecular formula is C24H34O7. The van der Waals surface area contributed by atoms with Crippen molar-refractivity contribution in [3.8, 4) is 5.75 Å². The first-order valence-corrected chi connectivity index (χ1v) is 10.5. The fourth-order valence-corrected chi connectivity index (χ4v) is 4.90. The molecule has 3 heterocycles. The van der Waals surface area contributed by atoms with E-state index in [0.717, 1.165) is 5.57 Å². The molecule has 0 aromatic carbocycles. The summed E-state index contributed by atoms with van der Waals surface area (Å²) in [6.45, 7) is 14.3. The van der Waals surface area contributed by atoms with Crippen LogP contribution in [0.25, 0.3) is 0 Å². The van der Waals surface area contributed by atoms with Crippen molar-refractivity contribution in [1.29, 1.82) is 0 Å². The van der Waals surface area contributed by atoms with E-state index in [1.165, 1.54) is 14.0 Å². The zero-order valence-electron chi connectivity index (χ0n) is 19.8. The highest BCUT2D eigenvalue weighted by molar-refractivity contribution is 5.42. The molecule has 6 atom stereocenters. The number of hydrogen-bond donors (Lipinski definition) is 2. The summed E-state index contributed by atoms with van der Waals surface area (Å²) < 4.78 is 22.7. The van der Waals surface area contributed by atoms with E-state index in [0.29, 0.717) is 22.4 Å². The van der Waals surface area contributed by atoms with Crippen LogP contribution in [0.1, 0.15) is 58.4 Å². The third kappa shape index (κ3) is 3.78. The summed E-state index contributed by atoms with van der Waals surface area (Å²) in [6, 6.07) is 0. The highest BCUT2D eigenvalue weighted by atomic mass is 16.7. The molecule has 2 N–H and O–H groups in total. The fourth-order valence-electron chi connectivity index (χ4n) is 4.90. The molecule has 7 nitrogen and oxygen atoms in total. The second-order valence-electron chi connectivity index (χ2n) is 9.45. The standard InChI is InChI=1S/C24H34O7/c1-12(11-22(6)21-24(8,31-21)16(5)30-22)10-13(2)18(25)23(7,27)19-14(3)17(28-9)15(4)20(26)29-19/h10-11,16,18,21,25,27H,1-9H3/t16-,18-,21-,22-,23-,24-/m0/s1. The van der Waals surface area contributed by atoms with Gasteiger partial charge in [0.2, 0.25) is 0 Å². The van der Waals surface area contributed by atoms with E-state index in [-0.39, 0.29) is 23.6 Å². The lowest BCUT2D eigenvalue weighted by molar-refractivity contribution is -0.0720. The Morgan fingerprint density at radius 3 is 2.32 bits per heavy atom. The van der Waals surface area contributed by atoms with Crippen LogP contribution in [0, 0.1) is 13.8 Å². The topological polar surface area (TPSA) is 102 Å². The van der Waals surface area contributed by atoms with Crippen LogP contribution >= 0.6 is 0 Å². The van der Waals surface area contributed by atoms with Crippen molar-refractivity contribution in [1.82, 2.24) is 0 Å². The van der Waals surface area contributed by atoms with E-state index in [1.807, 2.05) is 33.8 Å². The van der Waals surface area contributed by atoms with E-state index in [9.17, 15) is 15.0 Å². The first-order valence-electron chi connectivity index (χ1n) is 10.5. The Hall–Kier alpha value is -1.93. The van der Waals surface area contributed by atoms with Crippen molar-refractivity contribution in [2.45, 2.75) is 90.5 Å². The minimum atomic E-state index is -1.84. The molecule has 0 saturated carbocycles. The maximum atomic E-state index is 12.2. The summed E-state index contributed by atoms with van der Waals surface area (Å²) in [5, 5.41) is 22.1. The number of rotatable bonds is 6. The van der Waals surface area contributed by atoms with Crippen LogP contribution in [0.4, 0.5) is 0 Å². The Labute approximate surface area is 183 Å². The van der Waals surface area contributed by atoms with Crippen LogP contribution in [-0.2, 0) is 15.1 Å². The second-order valence-corrected chi connectivity index (χ2v) is 9.45. The Kier molecular flexibility index (Phi) is 5.81. The molecular weight excluding hydrogens is 400 g/mol. The molecule has 2 aliphatic rings. The lowest BCUT2D eigenvalue weighted by Crippen LogP contribution is -2.39. The number of aliphatic hydroxyl groups excluding tert-OH is 1. The molecule has 0 radical (unpaired) electrons. The lowest BCUT2D eigenvalue weighted by Gasteiger charge is -2.30. The van der Waals surface area contributed by atoms with Crippen molar-refractivity contribution in [2.75, 3.05) is 7.11 Å². The van der Waals surface area contributed by atoms with Gasteiger partial charge in [-0.05, 0) is 67.0 Å². The summed E-state index contributed by atoms with van der Waals surface area (Å²) in [4.78, 5) is 12.2. The molecule has 31 heavy (non-hydrogen) atoms. The van der Waals surface area contributed by atoms with E-state index in [4.69, 9.17) is 18.6 Å². The molecule has 0 unspecified atom stereocenters. The van der Waals surface area contributed by atoms with E-state index in [2.05, 4.69) is 0 Å². The van der Waals surface area contributed by atoms with E-state index >= 15 is 0 Å². The number of fused-ring (bicyclic) bond motifs is 1. The van der Waals surface area contributed by atoms with Gasteiger partial charge < -0.3 is 28.8 Å². The van der Waals surface area contributed by atoms with Crippen LogP contribution in [-0.4, -0.2) is 46.8 Å². The van der Waals surface area contributed by atoms with Gasteiger partial charge in [-0.3, -0.25) is 0 Å². The predicted octanol–water partition coefficient (Wildman–Crippen LogP) is 3.06. The van der Waals surface area contributed by atoms with Crippen molar-refractivity contribution < 1.29 is 28.8 Å². The minimum Gasteiger partial charge on any atom is -0.496 e.